The number of aryl methyl sites for hydroxylation is 1. The number of aromatic amines is 1. The van der Waals surface area contributed by atoms with Crippen molar-refractivity contribution in [1.82, 2.24) is 9.97 Å². The zero-order valence-corrected chi connectivity index (χ0v) is 9.13. The molecule has 3 nitrogen and oxygen atoms in total. The number of nitrogens with two attached hydrogens (primary N) is 1. The van der Waals surface area contributed by atoms with Crippen LogP contribution in [0.25, 0.3) is 0 Å². The maximum Gasteiger partial charge on any atom is 0.123 e. The molecule has 2 aromatic rings. The van der Waals surface area contributed by atoms with E-state index in [4.69, 9.17) is 5.73 Å². The molecule has 4 heteroatoms. The van der Waals surface area contributed by atoms with Gasteiger partial charge in [0.15, 0.2) is 0 Å². The van der Waals surface area contributed by atoms with Crippen molar-refractivity contribution in [3.63, 3.8) is 0 Å². The number of benzene rings is 1. The lowest BCUT2D eigenvalue weighted by Crippen LogP contribution is -1.98. The normalized spacial score (nSPS) is 10.7. The van der Waals surface area contributed by atoms with Crippen LogP contribution in [0.5, 0.6) is 0 Å². The lowest BCUT2D eigenvalue weighted by molar-refractivity contribution is 0.627. The van der Waals surface area contributed by atoms with Gasteiger partial charge in [-0.05, 0) is 24.6 Å². The van der Waals surface area contributed by atoms with Gasteiger partial charge in [0.05, 0.1) is 12.2 Å². The van der Waals surface area contributed by atoms with Gasteiger partial charge in [-0.3, -0.25) is 0 Å². The summed E-state index contributed by atoms with van der Waals surface area (Å²) in [5, 5.41) is 0. The zero-order valence-electron chi connectivity index (χ0n) is 9.13. The summed E-state index contributed by atoms with van der Waals surface area (Å²) < 4.78 is 12.7. The van der Waals surface area contributed by atoms with Crippen molar-refractivity contribution in [1.29, 1.82) is 0 Å². The van der Waals surface area contributed by atoms with E-state index in [9.17, 15) is 4.39 Å². The van der Waals surface area contributed by atoms with E-state index < -0.39 is 0 Å². The number of aromatic nitrogens is 2. The second kappa shape index (κ2) is 4.45. The Morgan fingerprint density at radius 3 is 2.56 bits per heavy atom. The van der Waals surface area contributed by atoms with Gasteiger partial charge in [0, 0.05) is 12.1 Å². The van der Waals surface area contributed by atoms with Crippen LogP contribution < -0.4 is 5.73 Å². The van der Waals surface area contributed by atoms with Gasteiger partial charge < -0.3 is 10.7 Å². The molecule has 0 spiro atoms. The fourth-order valence-electron chi connectivity index (χ4n) is 1.63. The largest absolute Gasteiger partial charge is 0.345 e. The van der Waals surface area contributed by atoms with Crippen LogP contribution in [-0.4, -0.2) is 9.97 Å². The number of H-pyrrole nitrogens is 1. The van der Waals surface area contributed by atoms with E-state index in [-0.39, 0.29) is 5.82 Å². The molecule has 1 aromatic carbocycles. The number of hydrogen-bond donors (Lipinski definition) is 2. The van der Waals surface area contributed by atoms with Crippen LogP contribution in [0.4, 0.5) is 4.39 Å². The molecule has 0 aliphatic carbocycles. The summed E-state index contributed by atoms with van der Waals surface area (Å²) >= 11 is 0. The molecule has 2 rings (SSSR count). The molecular weight excluding hydrogens is 205 g/mol. The fraction of sp³-hybridized carbons (Fsp3) is 0.250. The molecule has 16 heavy (non-hydrogen) atoms. The summed E-state index contributed by atoms with van der Waals surface area (Å²) in [7, 11) is 0. The summed E-state index contributed by atoms with van der Waals surface area (Å²) in [5.74, 6) is 0.569. The van der Waals surface area contributed by atoms with Crippen LogP contribution >= 0.6 is 0 Å². The molecule has 0 unspecified atom stereocenters. The van der Waals surface area contributed by atoms with Crippen LogP contribution in [0.1, 0.15) is 22.8 Å². The number of imidazole rings is 1. The van der Waals surface area contributed by atoms with Crippen LogP contribution in [0, 0.1) is 12.7 Å². The highest BCUT2D eigenvalue weighted by atomic mass is 19.1. The molecule has 1 aromatic heterocycles. The molecule has 1 heterocycles. The van der Waals surface area contributed by atoms with E-state index in [0.29, 0.717) is 13.0 Å². The lowest BCUT2D eigenvalue weighted by Gasteiger charge is -1.99. The molecule has 0 fully saturated rings. The summed E-state index contributed by atoms with van der Waals surface area (Å²) in [6.07, 6.45) is 0.697. The Morgan fingerprint density at radius 1 is 1.31 bits per heavy atom. The second-order valence-electron chi connectivity index (χ2n) is 3.76. The van der Waals surface area contributed by atoms with Gasteiger partial charge in [-0.15, -0.1) is 0 Å². The molecule has 0 aliphatic heterocycles. The van der Waals surface area contributed by atoms with Gasteiger partial charge in [-0.2, -0.15) is 0 Å². The highest BCUT2D eigenvalue weighted by Gasteiger charge is 2.06. The van der Waals surface area contributed by atoms with E-state index in [1.165, 1.54) is 12.1 Å². The highest BCUT2D eigenvalue weighted by Crippen LogP contribution is 2.12. The third-order valence-electron chi connectivity index (χ3n) is 2.51. The molecule has 0 aliphatic rings. The Balaban J connectivity index is 2.19. The summed E-state index contributed by atoms with van der Waals surface area (Å²) in [5.41, 5.74) is 8.53. The maximum absolute atomic E-state index is 12.7. The summed E-state index contributed by atoms with van der Waals surface area (Å²) in [6, 6.07) is 6.46. The predicted octanol–water partition coefficient (Wildman–Crippen LogP) is 1.91. The number of rotatable bonds is 3. The molecule has 84 valence electrons. The Morgan fingerprint density at radius 2 is 2.00 bits per heavy atom. The third-order valence-corrected chi connectivity index (χ3v) is 2.51. The number of nitrogens with zero attached hydrogens (tertiary/aromatic N) is 1. The predicted molar refractivity (Wildman–Crippen MR) is 60.4 cm³/mol. The van der Waals surface area contributed by atoms with Crippen molar-refractivity contribution in [2.75, 3.05) is 0 Å². The van der Waals surface area contributed by atoms with Gasteiger partial charge >= 0.3 is 0 Å². The first-order valence-electron chi connectivity index (χ1n) is 5.18. The van der Waals surface area contributed by atoms with Crippen molar-refractivity contribution in [3.05, 3.63) is 52.9 Å². The first-order chi connectivity index (χ1) is 7.69. The summed E-state index contributed by atoms with van der Waals surface area (Å²) in [4.78, 5) is 7.49. The van der Waals surface area contributed by atoms with Gasteiger partial charge in [0.2, 0.25) is 0 Å². The van der Waals surface area contributed by atoms with Crippen LogP contribution in [0.2, 0.25) is 0 Å². The third kappa shape index (κ3) is 2.28. The van der Waals surface area contributed by atoms with E-state index >= 15 is 0 Å². The molecule has 0 saturated carbocycles. The van der Waals surface area contributed by atoms with Crippen LogP contribution in [0.15, 0.2) is 24.3 Å². The molecular formula is C12H14FN3. The Kier molecular flexibility index (Phi) is 3.01. The minimum Gasteiger partial charge on any atom is -0.345 e. The fourth-order valence-corrected chi connectivity index (χ4v) is 1.63. The highest BCUT2D eigenvalue weighted by molar-refractivity contribution is 5.25. The Labute approximate surface area is 93.5 Å². The molecule has 0 atom stereocenters. The van der Waals surface area contributed by atoms with E-state index in [2.05, 4.69) is 9.97 Å². The number of halogens is 1. The van der Waals surface area contributed by atoms with Crippen LogP contribution in [0.3, 0.4) is 0 Å². The van der Waals surface area contributed by atoms with Crippen molar-refractivity contribution in [2.24, 2.45) is 5.73 Å². The van der Waals surface area contributed by atoms with Gasteiger partial charge in [-0.1, -0.05) is 12.1 Å². The van der Waals surface area contributed by atoms with E-state index in [1.807, 2.05) is 6.92 Å². The zero-order chi connectivity index (χ0) is 11.5. The molecule has 0 radical (unpaired) electrons. The average Bonchev–Trinajstić information content (AvgIpc) is 2.63. The average molecular weight is 219 g/mol. The standard InChI is InChI=1S/C12H14FN3/c1-8-11(16-12(7-14)15-8)6-9-2-4-10(13)5-3-9/h2-5H,6-7,14H2,1H3,(H,15,16). The molecule has 0 amide bonds. The number of hydrogen-bond acceptors (Lipinski definition) is 2. The molecule has 3 N–H and O–H groups in total. The van der Waals surface area contributed by atoms with Crippen molar-refractivity contribution in [3.8, 4) is 0 Å². The van der Waals surface area contributed by atoms with Crippen molar-refractivity contribution >= 4 is 0 Å². The minimum absolute atomic E-state index is 0.217. The topological polar surface area (TPSA) is 54.7 Å². The second-order valence-corrected chi connectivity index (χ2v) is 3.76. The quantitative estimate of drug-likeness (QED) is 0.828. The minimum atomic E-state index is -0.217. The summed E-state index contributed by atoms with van der Waals surface area (Å²) in [6.45, 7) is 2.37. The monoisotopic (exact) mass is 219 g/mol. The molecule has 0 saturated heterocycles. The number of nitrogens with one attached hydrogen (secondary N) is 1. The Bertz CT molecular complexity index is 474. The first kappa shape index (κ1) is 10.8. The van der Waals surface area contributed by atoms with Gasteiger partial charge in [0.25, 0.3) is 0 Å². The maximum atomic E-state index is 12.7. The van der Waals surface area contributed by atoms with Crippen molar-refractivity contribution < 1.29 is 4.39 Å². The van der Waals surface area contributed by atoms with E-state index in [0.717, 1.165) is 22.8 Å². The van der Waals surface area contributed by atoms with Crippen LogP contribution in [-0.2, 0) is 13.0 Å². The Hall–Kier alpha value is -1.68. The van der Waals surface area contributed by atoms with Gasteiger partial charge in [-0.25, -0.2) is 9.37 Å². The smallest absolute Gasteiger partial charge is 0.123 e. The lowest BCUT2D eigenvalue weighted by atomic mass is 10.1. The first-order valence-corrected chi connectivity index (χ1v) is 5.18. The van der Waals surface area contributed by atoms with E-state index in [1.54, 1.807) is 12.1 Å². The van der Waals surface area contributed by atoms with Gasteiger partial charge in [0.1, 0.15) is 11.6 Å². The molecule has 0 bridgehead atoms. The van der Waals surface area contributed by atoms with Crippen molar-refractivity contribution in [2.45, 2.75) is 19.9 Å². The SMILES string of the molecule is Cc1[nH]c(CN)nc1Cc1ccc(F)cc1.